The monoisotopic (exact) mass is 296 g/mol. The van der Waals surface area contributed by atoms with Gasteiger partial charge in [-0.1, -0.05) is 32.9 Å². The van der Waals surface area contributed by atoms with Crippen molar-refractivity contribution in [3.8, 4) is 0 Å². The van der Waals surface area contributed by atoms with Gasteiger partial charge in [0, 0.05) is 25.1 Å². The van der Waals surface area contributed by atoms with Crippen LogP contribution in [0.1, 0.15) is 26.3 Å². The Morgan fingerprint density at radius 3 is 2.41 bits per heavy atom. The number of nitrogens with one attached hydrogen (secondary N) is 2. The first-order valence-corrected chi connectivity index (χ1v) is 7.24. The van der Waals surface area contributed by atoms with Gasteiger partial charge in [0.2, 0.25) is 11.6 Å². The molecule has 2 aromatic heterocycles. The van der Waals surface area contributed by atoms with Crippen LogP contribution in [0.15, 0.2) is 36.7 Å². The van der Waals surface area contributed by atoms with Gasteiger partial charge in [-0.3, -0.25) is 4.40 Å². The minimum atomic E-state index is 0.144. The molecular weight excluding hydrogens is 276 g/mol. The molecule has 2 N–H and O–H groups in total. The van der Waals surface area contributed by atoms with Gasteiger partial charge in [0.15, 0.2) is 5.82 Å². The molecular formula is C16H20N6. The lowest BCUT2D eigenvalue weighted by atomic mass is 9.87. The lowest BCUT2D eigenvalue weighted by Gasteiger charge is -2.19. The quantitative estimate of drug-likeness (QED) is 0.777. The summed E-state index contributed by atoms with van der Waals surface area (Å²) in [5.74, 6) is 1.36. The highest BCUT2D eigenvalue weighted by Gasteiger charge is 2.13. The Morgan fingerprint density at radius 1 is 1.05 bits per heavy atom. The zero-order valence-electron chi connectivity index (χ0n) is 13.3. The van der Waals surface area contributed by atoms with E-state index < -0.39 is 0 Å². The van der Waals surface area contributed by atoms with E-state index in [2.05, 4.69) is 70.9 Å². The predicted molar refractivity (Wildman–Crippen MR) is 88.8 cm³/mol. The van der Waals surface area contributed by atoms with Gasteiger partial charge in [-0.25, -0.2) is 4.98 Å². The summed E-state index contributed by atoms with van der Waals surface area (Å²) < 4.78 is 1.86. The Balaban J connectivity index is 1.92. The molecule has 0 unspecified atom stereocenters. The van der Waals surface area contributed by atoms with Crippen molar-refractivity contribution in [2.75, 3.05) is 17.7 Å². The molecule has 0 saturated carbocycles. The minimum Gasteiger partial charge on any atom is -0.357 e. The summed E-state index contributed by atoms with van der Waals surface area (Å²) in [5, 5.41) is 14.6. The van der Waals surface area contributed by atoms with Crippen LogP contribution in [0.5, 0.6) is 0 Å². The summed E-state index contributed by atoms with van der Waals surface area (Å²) in [6, 6.07) is 8.37. The Bertz CT molecular complexity index is 782. The van der Waals surface area contributed by atoms with E-state index >= 15 is 0 Å². The molecule has 0 spiro atoms. The average molecular weight is 296 g/mol. The van der Waals surface area contributed by atoms with Crippen molar-refractivity contribution in [2.45, 2.75) is 26.2 Å². The number of anilines is 3. The molecule has 0 saturated heterocycles. The van der Waals surface area contributed by atoms with Gasteiger partial charge in [0.05, 0.1) is 0 Å². The standard InChI is InChI=1S/C16H20N6/c1-16(2,3)11-5-7-12(8-6-11)19-13-14-20-21-15(17-4)22(14)10-9-18-13/h5-10H,1-4H3,(H,17,21)(H,18,19). The summed E-state index contributed by atoms with van der Waals surface area (Å²) in [6.07, 6.45) is 3.55. The molecule has 0 atom stereocenters. The highest BCUT2D eigenvalue weighted by atomic mass is 15.3. The Morgan fingerprint density at radius 2 is 1.77 bits per heavy atom. The molecule has 2 heterocycles. The molecule has 0 aliphatic rings. The third-order valence-electron chi connectivity index (χ3n) is 3.56. The van der Waals surface area contributed by atoms with Crippen LogP contribution in [0.3, 0.4) is 0 Å². The number of aromatic nitrogens is 4. The second kappa shape index (κ2) is 5.29. The smallest absolute Gasteiger partial charge is 0.228 e. The largest absolute Gasteiger partial charge is 0.357 e. The summed E-state index contributed by atoms with van der Waals surface area (Å²) >= 11 is 0. The molecule has 6 nitrogen and oxygen atoms in total. The van der Waals surface area contributed by atoms with Gasteiger partial charge < -0.3 is 10.6 Å². The van der Waals surface area contributed by atoms with Crippen LogP contribution in [-0.4, -0.2) is 26.6 Å². The van der Waals surface area contributed by atoms with Crippen LogP contribution >= 0.6 is 0 Å². The van der Waals surface area contributed by atoms with Gasteiger partial charge in [-0.05, 0) is 23.1 Å². The second-order valence-electron chi connectivity index (χ2n) is 6.20. The normalized spacial score (nSPS) is 11.6. The van der Waals surface area contributed by atoms with Gasteiger partial charge >= 0.3 is 0 Å². The van der Waals surface area contributed by atoms with Gasteiger partial charge in [0.25, 0.3) is 0 Å². The van der Waals surface area contributed by atoms with E-state index in [-0.39, 0.29) is 5.41 Å². The van der Waals surface area contributed by atoms with Crippen molar-refractivity contribution in [2.24, 2.45) is 0 Å². The highest BCUT2D eigenvalue weighted by Crippen LogP contribution is 2.25. The molecule has 0 amide bonds. The van der Waals surface area contributed by atoms with Gasteiger partial charge in [0.1, 0.15) is 0 Å². The summed E-state index contributed by atoms with van der Waals surface area (Å²) in [6.45, 7) is 6.60. The first-order chi connectivity index (χ1) is 10.5. The van der Waals surface area contributed by atoms with Crippen LogP contribution in [0.2, 0.25) is 0 Å². The zero-order chi connectivity index (χ0) is 15.7. The molecule has 3 aromatic rings. The van der Waals surface area contributed by atoms with Crippen molar-refractivity contribution in [3.63, 3.8) is 0 Å². The second-order valence-corrected chi connectivity index (χ2v) is 6.20. The van der Waals surface area contributed by atoms with Crippen molar-refractivity contribution < 1.29 is 0 Å². The molecule has 114 valence electrons. The van der Waals surface area contributed by atoms with E-state index in [0.29, 0.717) is 17.4 Å². The Labute approximate surface area is 129 Å². The first kappa shape index (κ1) is 14.3. The number of hydrogen-bond donors (Lipinski definition) is 2. The minimum absolute atomic E-state index is 0.144. The van der Waals surface area contributed by atoms with Gasteiger partial charge in [-0.2, -0.15) is 0 Å². The maximum Gasteiger partial charge on any atom is 0.228 e. The summed E-state index contributed by atoms with van der Waals surface area (Å²) in [7, 11) is 1.81. The molecule has 1 aromatic carbocycles. The average Bonchev–Trinajstić information content (AvgIpc) is 2.91. The topological polar surface area (TPSA) is 67.1 Å². The summed E-state index contributed by atoms with van der Waals surface area (Å²) in [5.41, 5.74) is 3.10. The SMILES string of the molecule is CNc1nnc2c(Nc3ccc(C(C)(C)C)cc3)nccn12. The number of fused-ring (bicyclic) bond motifs is 1. The molecule has 0 fully saturated rings. The number of nitrogens with zero attached hydrogens (tertiary/aromatic N) is 4. The van der Waals surface area contributed by atoms with E-state index in [0.717, 1.165) is 5.69 Å². The fourth-order valence-electron chi connectivity index (χ4n) is 2.28. The molecule has 22 heavy (non-hydrogen) atoms. The van der Waals surface area contributed by atoms with Crippen LogP contribution < -0.4 is 10.6 Å². The van der Waals surface area contributed by atoms with Crippen LogP contribution in [0.4, 0.5) is 17.5 Å². The summed E-state index contributed by atoms with van der Waals surface area (Å²) in [4.78, 5) is 4.36. The molecule has 0 bridgehead atoms. The van der Waals surface area contributed by atoms with Crippen molar-refractivity contribution in [1.29, 1.82) is 0 Å². The third-order valence-corrected chi connectivity index (χ3v) is 3.56. The van der Waals surface area contributed by atoms with Crippen molar-refractivity contribution >= 4 is 23.1 Å². The molecule has 0 aliphatic carbocycles. The van der Waals surface area contributed by atoms with Crippen LogP contribution in [0.25, 0.3) is 5.65 Å². The van der Waals surface area contributed by atoms with Gasteiger partial charge in [-0.15, -0.1) is 10.2 Å². The van der Waals surface area contributed by atoms with E-state index in [1.807, 2.05) is 17.6 Å². The van der Waals surface area contributed by atoms with E-state index in [4.69, 9.17) is 0 Å². The predicted octanol–water partition coefficient (Wildman–Crippen LogP) is 3.21. The first-order valence-electron chi connectivity index (χ1n) is 7.24. The van der Waals surface area contributed by atoms with E-state index in [1.54, 1.807) is 6.20 Å². The number of hydrogen-bond acceptors (Lipinski definition) is 5. The van der Waals surface area contributed by atoms with Crippen molar-refractivity contribution in [3.05, 3.63) is 42.2 Å². The lowest BCUT2D eigenvalue weighted by molar-refractivity contribution is 0.590. The zero-order valence-corrected chi connectivity index (χ0v) is 13.3. The highest BCUT2D eigenvalue weighted by molar-refractivity contribution is 5.70. The number of benzene rings is 1. The maximum atomic E-state index is 4.36. The fraction of sp³-hybridized carbons (Fsp3) is 0.312. The number of rotatable bonds is 3. The Kier molecular flexibility index (Phi) is 3.44. The molecule has 0 radical (unpaired) electrons. The molecule has 0 aliphatic heterocycles. The maximum absolute atomic E-state index is 4.36. The lowest BCUT2D eigenvalue weighted by Crippen LogP contribution is -2.10. The molecule has 6 heteroatoms. The Hall–Kier alpha value is -2.63. The van der Waals surface area contributed by atoms with E-state index in [1.165, 1.54) is 5.56 Å². The van der Waals surface area contributed by atoms with Crippen molar-refractivity contribution in [1.82, 2.24) is 19.6 Å². The van der Waals surface area contributed by atoms with E-state index in [9.17, 15) is 0 Å². The van der Waals surface area contributed by atoms with Crippen LogP contribution in [0, 0.1) is 0 Å². The van der Waals surface area contributed by atoms with Crippen LogP contribution in [-0.2, 0) is 5.41 Å². The third kappa shape index (κ3) is 2.59. The fourth-order valence-corrected chi connectivity index (χ4v) is 2.28. The molecule has 3 rings (SSSR count).